The first-order valence-corrected chi connectivity index (χ1v) is 9.19. The number of hydrogen-bond acceptors (Lipinski definition) is 4. The van der Waals surface area contributed by atoms with Crippen LogP contribution in [0.3, 0.4) is 0 Å². The normalized spacial score (nSPS) is 26.4. The molecule has 3 atom stereocenters. The lowest BCUT2D eigenvalue weighted by Gasteiger charge is -2.41. The van der Waals surface area contributed by atoms with Crippen LogP contribution in [0.1, 0.15) is 45.6 Å². The maximum atomic E-state index is 12.7. The van der Waals surface area contributed by atoms with Crippen molar-refractivity contribution < 1.29 is 19.0 Å². The quantitative estimate of drug-likeness (QED) is 0.761. The Bertz CT molecular complexity index is 565. The predicted octanol–water partition coefficient (Wildman–Crippen LogP) is 3.76. The molecule has 25 heavy (non-hydrogen) atoms. The van der Waals surface area contributed by atoms with E-state index in [0.717, 1.165) is 38.0 Å². The number of carbonyl (C=O) groups excluding carboxylic acids is 1. The monoisotopic (exact) mass is 347 g/mol. The minimum Gasteiger partial charge on any atom is -0.444 e. The van der Waals surface area contributed by atoms with E-state index >= 15 is 0 Å². The van der Waals surface area contributed by atoms with Crippen LogP contribution in [0, 0.1) is 0 Å². The summed E-state index contributed by atoms with van der Waals surface area (Å²) in [6.07, 6.45) is 2.73. The van der Waals surface area contributed by atoms with Crippen molar-refractivity contribution in [3.05, 3.63) is 35.9 Å². The van der Waals surface area contributed by atoms with Crippen molar-refractivity contribution in [2.75, 3.05) is 13.2 Å². The Balaban J connectivity index is 1.66. The number of carbonyl (C=O) groups is 1. The summed E-state index contributed by atoms with van der Waals surface area (Å²) in [5.41, 5.74) is 0.661. The van der Waals surface area contributed by atoms with Gasteiger partial charge in [-0.3, -0.25) is 0 Å². The van der Waals surface area contributed by atoms with Crippen molar-refractivity contribution in [2.24, 2.45) is 0 Å². The zero-order valence-electron chi connectivity index (χ0n) is 15.4. The molecule has 2 saturated heterocycles. The van der Waals surface area contributed by atoms with E-state index in [0.29, 0.717) is 6.61 Å². The summed E-state index contributed by atoms with van der Waals surface area (Å²) < 4.78 is 17.2. The third kappa shape index (κ3) is 5.44. The number of amides is 1. The molecule has 0 radical (unpaired) electrons. The fourth-order valence-corrected chi connectivity index (χ4v) is 3.29. The Hall–Kier alpha value is -1.59. The first-order chi connectivity index (χ1) is 11.9. The highest BCUT2D eigenvalue weighted by molar-refractivity contribution is 5.68. The Morgan fingerprint density at radius 3 is 2.64 bits per heavy atom. The molecular formula is C20H29NO4. The van der Waals surface area contributed by atoms with Gasteiger partial charge < -0.3 is 19.1 Å². The van der Waals surface area contributed by atoms with Crippen molar-refractivity contribution in [3.63, 3.8) is 0 Å². The lowest BCUT2D eigenvalue weighted by Crippen LogP contribution is -2.53. The third-order valence-electron chi connectivity index (χ3n) is 4.56. The minimum atomic E-state index is -0.491. The lowest BCUT2D eigenvalue weighted by atomic mass is 9.95. The van der Waals surface area contributed by atoms with E-state index in [1.165, 1.54) is 0 Å². The average molecular weight is 347 g/mol. The second-order valence-corrected chi connectivity index (χ2v) is 7.91. The average Bonchev–Trinajstić information content (AvgIpc) is 3.37. The van der Waals surface area contributed by atoms with Gasteiger partial charge in [-0.2, -0.15) is 0 Å². The number of hydrogen-bond donors (Lipinski definition) is 0. The van der Waals surface area contributed by atoms with Crippen LogP contribution in [0.15, 0.2) is 30.3 Å². The van der Waals surface area contributed by atoms with E-state index in [9.17, 15) is 4.79 Å². The SMILES string of the molecule is CC(C)(C)OC(=O)N1CCC[C@H](OCc2ccccc2)[C@H]1CC1CO1. The van der Waals surface area contributed by atoms with Crippen molar-refractivity contribution in [2.45, 2.75) is 70.5 Å². The number of piperidine rings is 1. The molecule has 0 aliphatic carbocycles. The largest absolute Gasteiger partial charge is 0.444 e. The number of benzene rings is 1. The molecule has 2 aliphatic rings. The Kier molecular flexibility index (Phi) is 5.64. The van der Waals surface area contributed by atoms with Crippen molar-refractivity contribution in [1.82, 2.24) is 4.90 Å². The molecule has 0 saturated carbocycles. The van der Waals surface area contributed by atoms with E-state index < -0.39 is 5.60 Å². The van der Waals surface area contributed by atoms with Crippen LogP contribution in [0.25, 0.3) is 0 Å². The van der Waals surface area contributed by atoms with Gasteiger partial charge in [0.15, 0.2) is 0 Å². The highest BCUT2D eigenvalue weighted by atomic mass is 16.6. The first kappa shape index (κ1) is 18.2. The molecule has 3 rings (SSSR count). The van der Waals surface area contributed by atoms with Crippen LogP contribution in [-0.2, 0) is 20.8 Å². The van der Waals surface area contributed by atoms with Crippen LogP contribution in [0.2, 0.25) is 0 Å². The summed E-state index contributed by atoms with van der Waals surface area (Å²) in [5, 5.41) is 0. The van der Waals surface area contributed by atoms with E-state index in [-0.39, 0.29) is 24.3 Å². The fourth-order valence-electron chi connectivity index (χ4n) is 3.29. The highest BCUT2D eigenvalue weighted by Gasteiger charge is 2.40. The molecule has 0 aromatic heterocycles. The molecule has 0 bridgehead atoms. The molecule has 0 N–H and O–H groups in total. The van der Waals surface area contributed by atoms with Gasteiger partial charge in [0.05, 0.1) is 31.5 Å². The Morgan fingerprint density at radius 2 is 2.00 bits per heavy atom. The topological polar surface area (TPSA) is 51.3 Å². The zero-order valence-corrected chi connectivity index (χ0v) is 15.4. The summed E-state index contributed by atoms with van der Waals surface area (Å²) >= 11 is 0. The molecule has 1 aromatic carbocycles. The van der Waals surface area contributed by atoms with Gasteiger partial charge >= 0.3 is 6.09 Å². The van der Waals surface area contributed by atoms with Gasteiger partial charge in [0.2, 0.25) is 0 Å². The molecule has 5 nitrogen and oxygen atoms in total. The molecule has 2 heterocycles. The van der Waals surface area contributed by atoms with Gasteiger partial charge in [-0.15, -0.1) is 0 Å². The summed E-state index contributed by atoms with van der Waals surface area (Å²) in [4.78, 5) is 14.5. The van der Waals surface area contributed by atoms with Crippen molar-refractivity contribution >= 4 is 6.09 Å². The zero-order chi connectivity index (χ0) is 17.9. The maximum absolute atomic E-state index is 12.7. The second-order valence-electron chi connectivity index (χ2n) is 7.91. The molecule has 1 unspecified atom stereocenters. The van der Waals surface area contributed by atoms with E-state index in [1.807, 2.05) is 43.9 Å². The summed E-state index contributed by atoms with van der Waals surface area (Å²) in [6.45, 7) is 7.77. The van der Waals surface area contributed by atoms with Crippen LogP contribution >= 0.6 is 0 Å². The lowest BCUT2D eigenvalue weighted by molar-refractivity contribution is -0.0620. The molecule has 2 fully saturated rings. The van der Waals surface area contributed by atoms with Crippen molar-refractivity contribution in [1.29, 1.82) is 0 Å². The Morgan fingerprint density at radius 1 is 1.28 bits per heavy atom. The summed E-state index contributed by atoms with van der Waals surface area (Å²) in [7, 11) is 0. The first-order valence-electron chi connectivity index (χ1n) is 9.19. The van der Waals surface area contributed by atoms with Gasteiger partial charge in [-0.25, -0.2) is 4.79 Å². The van der Waals surface area contributed by atoms with Crippen molar-refractivity contribution in [3.8, 4) is 0 Å². The maximum Gasteiger partial charge on any atom is 0.410 e. The van der Waals surface area contributed by atoms with Crippen LogP contribution in [0.5, 0.6) is 0 Å². The number of ether oxygens (including phenoxy) is 3. The van der Waals surface area contributed by atoms with E-state index in [2.05, 4.69) is 12.1 Å². The second kappa shape index (κ2) is 7.75. The number of rotatable bonds is 5. The molecule has 1 aromatic rings. The molecule has 5 heteroatoms. The molecule has 138 valence electrons. The molecule has 0 spiro atoms. The predicted molar refractivity (Wildman–Crippen MR) is 95.3 cm³/mol. The van der Waals surface area contributed by atoms with E-state index in [4.69, 9.17) is 14.2 Å². The van der Waals surface area contributed by atoms with E-state index in [1.54, 1.807) is 0 Å². The minimum absolute atomic E-state index is 0.0137. The fraction of sp³-hybridized carbons (Fsp3) is 0.650. The highest BCUT2D eigenvalue weighted by Crippen LogP contribution is 2.30. The standard InChI is InChI=1S/C20H29NO4/c1-20(2,3)25-19(22)21-11-7-10-18(17(21)12-16-14-23-16)24-13-15-8-5-4-6-9-15/h4-6,8-9,16-18H,7,10-14H2,1-3H3/t16?,17-,18+/m1/s1. The summed E-state index contributed by atoms with van der Waals surface area (Å²) in [5.74, 6) is 0. The van der Waals surface area contributed by atoms with Gasteiger partial charge in [-0.05, 0) is 45.6 Å². The molecule has 1 amide bonds. The third-order valence-corrected chi connectivity index (χ3v) is 4.56. The smallest absolute Gasteiger partial charge is 0.410 e. The summed E-state index contributed by atoms with van der Waals surface area (Å²) in [6, 6.07) is 10.2. The number of epoxide rings is 1. The van der Waals surface area contributed by atoms with Crippen LogP contribution in [-0.4, -0.2) is 48.0 Å². The van der Waals surface area contributed by atoms with Gasteiger partial charge in [0.25, 0.3) is 0 Å². The van der Waals surface area contributed by atoms with Gasteiger partial charge in [-0.1, -0.05) is 30.3 Å². The number of likely N-dealkylation sites (tertiary alicyclic amines) is 1. The van der Waals surface area contributed by atoms with Gasteiger partial charge in [0, 0.05) is 6.54 Å². The number of nitrogens with zero attached hydrogens (tertiary/aromatic N) is 1. The van der Waals surface area contributed by atoms with Crippen LogP contribution < -0.4 is 0 Å². The molecular weight excluding hydrogens is 318 g/mol. The van der Waals surface area contributed by atoms with Crippen LogP contribution in [0.4, 0.5) is 4.79 Å². The Labute approximate surface area is 150 Å². The van der Waals surface area contributed by atoms with Gasteiger partial charge in [0.1, 0.15) is 5.60 Å². The molecule has 2 aliphatic heterocycles.